The van der Waals surface area contributed by atoms with Gasteiger partial charge in [-0.05, 0) is 45.5 Å². The Morgan fingerprint density at radius 1 is 0.306 bits per heavy atom. The molecule has 9 rings (SSSR count). The van der Waals surface area contributed by atoms with Crippen molar-refractivity contribution in [2.75, 3.05) is 0 Å². The van der Waals surface area contributed by atoms with Gasteiger partial charge in [0.15, 0.2) is 5.82 Å². The summed E-state index contributed by atoms with van der Waals surface area (Å²) in [5, 5.41) is 2.57. The minimum atomic E-state index is 0.721. The highest BCUT2D eigenvalue weighted by Gasteiger charge is 2.16. The monoisotopic (exact) mass is 642 g/mol. The van der Waals surface area contributed by atoms with Crippen LogP contribution >= 0.6 is 11.3 Å². The van der Waals surface area contributed by atoms with E-state index < -0.39 is 0 Å². The molecule has 2 heterocycles. The molecule has 0 atom stereocenters. The van der Waals surface area contributed by atoms with Gasteiger partial charge in [0.05, 0.1) is 11.4 Å². The van der Waals surface area contributed by atoms with Gasteiger partial charge in [-0.25, -0.2) is 9.97 Å². The highest BCUT2D eigenvalue weighted by atomic mass is 32.1. The fourth-order valence-electron chi connectivity index (χ4n) is 6.66. The first-order valence-electron chi connectivity index (χ1n) is 16.5. The Hall–Kier alpha value is -6.16. The lowest BCUT2D eigenvalue weighted by Gasteiger charge is -2.11. The van der Waals surface area contributed by atoms with Crippen LogP contribution in [0.5, 0.6) is 0 Å². The van der Waals surface area contributed by atoms with E-state index in [2.05, 4.69) is 158 Å². The highest BCUT2D eigenvalue weighted by Crippen LogP contribution is 2.44. The molecule has 2 nitrogen and oxygen atoms in total. The van der Waals surface area contributed by atoms with Crippen LogP contribution in [0.25, 0.3) is 87.5 Å². The van der Waals surface area contributed by atoms with Crippen LogP contribution in [0.4, 0.5) is 0 Å². The van der Waals surface area contributed by atoms with Crippen LogP contribution in [-0.4, -0.2) is 9.97 Å². The van der Waals surface area contributed by atoms with Gasteiger partial charge < -0.3 is 0 Å². The third-order valence-corrected chi connectivity index (χ3v) is 10.4. The summed E-state index contributed by atoms with van der Waals surface area (Å²) in [4.78, 5) is 10.1. The van der Waals surface area contributed by atoms with Gasteiger partial charge in [-0.3, -0.25) is 0 Å². The van der Waals surface area contributed by atoms with E-state index in [4.69, 9.17) is 9.97 Å². The fraction of sp³-hybridized carbons (Fsp3) is 0. The molecule has 0 aliphatic rings. The number of fused-ring (bicyclic) bond motifs is 3. The summed E-state index contributed by atoms with van der Waals surface area (Å²) in [7, 11) is 0. The van der Waals surface area contributed by atoms with Crippen LogP contribution in [0.1, 0.15) is 0 Å². The molecule has 230 valence electrons. The van der Waals surface area contributed by atoms with Crippen molar-refractivity contribution in [2.24, 2.45) is 0 Å². The van der Waals surface area contributed by atoms with Crippen molar-refractivity contribution in [3.05, 3.63) is 182 Å². The van der Waals surface area contributed by atoms with Crippen LogP contribution in [0.15, 0.2) is 182 Å². The minimum Gasteiger partial charge on any atom is -0.228 e. The van der Waals surface area contributed by atoms with Crippen LogP contribution in [0.3, 0.4) is 0 Å². The molecule has 0 N–H and O–H groups in total. The molecule has 49 heavy (non-hydrogen) atoms. The van der Waals surface area contributed by atoms with Gasteiger partial charge in [0.2, 0.25) is 0 Å². The Morgan fingerprint density at radius 3 is 1.39 bits per heavy atom. The van der Waals surface area contributed by atoms with E-state index in [1.54, 1.807) is 0 Å². The molecule has 0 aliphatic carbocycles. The normalized spacial score (nSPS) is 11.3. The second-order valence-electron chi connectivity index (χ2n) is 12.2. The number of hydrogen-bond donors (Lipinski definition) is 0. The molecular weight excluding hydrogens is 613 g/mol. The molecule has 0 radical (unpaired) electrons. The number of hydrogen-bond acceptors (Lipinski definition) is 3. The van der Waals surface area contributed by atoms with E-state index >= 15 is 0 Å². The maximum Gasteiger partial charge on any atom is 0.160 e. The molecule has 0 fully saturated rings. The second-order valence-corrected chi connectivity index (χ2v) is 13.2. The van der Waals surface area contributed by atoms with Gasteiger partial charge in [0.1, 0.15) is 0 Å². The third kappa shape index (κ3) is 5.50. The summed E-state index contributed by atoms with van der Waals surface area (Å²) in [6, 6.07) is 64.3. The zero-order valence-electron chi connectivity index (χ0n) is 26.6. The lowest BCUT2D eigenvalue weighted by molar-refractivity contribution is 1.18. The number of aromatic nitrogens is 2. The van der Waals surface area contributed by atoms with Crippen LogP contribution in [0.2, 0.25) is 0 Å². The Bertz CT molecular complexity index is 2510. The maximum absolute atomic E-state index is 5.09. The highest BCUT2D eigenvalue weighted by molar-refractivity contribution is 7.26. The van der Waals surface area contributed by atoms with Gasteiger partial charge >= 0.3 is 0 Å². The maximum atomic E-state index is 5.09. The zero-order valence-corrected chi connectivity index (χ0v) is 27.4. The summed E-state index contributed by atoms with van der Waals surface area (Å²) in [5.41, 5.74) is 12.3. The molecular formula is C46H30N2S. The summed E-state index contributed by atoms with van der Waals surface area (Å²) in [6.45, 7) is 0. The first kappa shape index (κ1) is 29.0. The van der Waals surface area contributed by atoms with Crippen molar-refractivity contribution in [1.29, 1.82) is 0 Å². The van der Waals surface area contributed by atoms with E-state index in [0.717, 1.165) is 33.9 Å². The summed E-state index contributed by atoms with van der Waals surface area (Å²) in [6.07, 6.45) is 0. The summed E-state index contributed by atoms with van der Waals surface area (Å²) in [5.74, 6) is 0.721. The molecule has 2 aromatic heterocycles. The molecule has 0 spiro atoms. The topological polar surface area (TPSA) is 25.8 Å². The molecule has 0 saturated heterocycles. The Morgan fingerprint density at radius 2 is 0.755 bits per heavy atom. The summed E-state index contributed by atoms with van der Waals surface area (Å²) >= 11 is 1.88. The van der Waals surface area contributed by atoms with E-state index in [1.807, 2.05) is 35.6 Å². The van der Waals surface area contributed by atoms with E-state index in [0.29, 0.717) is 0 Å². The largest absolute Gasteiger partial charge is 0.228 e. The Balaban J connectivity index is 1.15. The van der Waals surface area contributed by atoms with Crippen molar-refractivity contribution in [3.8, 4) is 67.3 Å². The molecule has 9 aromatic rings. The minimum absolute atomic E-state index is 0.721. The second kappa shape index (κ2) is 12.5. The predicted molar refractivity (Wildman–Crippen MR) is 208 cm³/mol. The molecule has 0 amide bonds. The van der Waals surface area contributed by atoms with Crippen molar-refractivity contribution >= 4 is 31.5 Å². The standard InChI is InChI=1S/C46H30N2S/c1-4-13-31(14-5-1)32-25-27-33(28-26-32)38-21-11-23-40-41-24-12-22-39(45(41)49-44(38)40)36-19-10-20-37(29-36)43-30-42(34-15-6-2-7-16-34)47-46(48-43)35-17-8-3-9-18-35/h1-30H. The Kier molecular flexibility index (Phi) is 7.38. The van der Waals surface area contributed by atoms with E-state index in [1.165, 1.54) is 53.6 Å². The average molecular weight is 643 g/mol. The van der Waals surface area contributed by atoms with Crippen molar-refractivity contribution in [3.63, 3.8) is 0 Å². The van der Waals surface area contributed by atoms with Crippen molar-refractivity contribution in [2.45, 2.75) is 0 Å². The number of nitrogens with zero attached hydrogens (tertiary/aromatic N) is 2. The predicted octanol–water partition coefficient (Wildman–Crippen LogP) is 12.8. The van der Waals surface area contributed by atoms with Crippen LogP contribution in [0, 0.1) is 0 Å². The molecule has 7 aromatic carbocycles. The van der Waals surface area contributed by atoms with Gasteiger partial charge in [-0.2, -0.15) is 0 Å². The molecule has 0 aliphatic heterocycles. The molecule has 0 bridgehead atoms. The SMILES string of the molecule is c1ccc(-c2ccc(-c3cccc4c3sc3c(-c5cccc(-c6cc(-c7ccccc7)nc(-c7ccccc7)n6)c5)cccc34)cc2)cc1. The smallest absolute Gasteiger partial charge is 0.160 e. The average Bonchev–Trinajstić information content (AvgIpc) is 3.58. The number of rotatable bonds is 6. The third-order valence-electron chi connectivity index (χ3n) is 9.12. The Labute approximate surface area is 289 Å². The number of benzene rings is 7. The lowest BCUT2D eigenvalue weighted by atomic mass is 9.97. The van der Waals surface area contributed by atoms with Crippen LogP contribution in [-0.2, 0) is 0 Å². The van der Waals surface area contributed by atoms with Gasteiger partial charge in [-0.15, -0.1) is 11.3 Å². The first-order chi connectivity index (χ1) is 24.3. The van der Waals surface area contributed by atoms with Gasteiger partial charge in [0, 0.05) is 36.9 Å². The molecule has 3 heteroatoms. The fourth-order valence-corrected chi connectivity index (χ4v) is 8.03. The zero-order chi connectivity index (χ0) is 32.6. The van der Waals surface area contributed by atoms with Gasteiger partial charge in [0.25, 0.3) is 0 Å². The molecule has 0 saturated carbocycles. The van der Waals surface area contributed by atoms with Crippen molar-refractivity contribution < 1.29 is 0 Å². The van der Waals surface area contributed by atoms with Gasteiger partial charge in [-0.1, -0.05) is 170 Å². The van der Waals surface area contributed by atoms with Crippen LogP contribution < -0.4 is 0 Å². The quantitative estimate of drug-likeness (QED) is 0.180. The first-order valence-corrected chi connectivity index (χ1v) is 17.3. The number of thiophene rings is 1. The van der Waals surface area contributed by atoms with E-state index in [9.17, 15) is 0 Å². The van der Waals surface area contributed by atoms with Crippen molar-refractivity contribution in [1.82, 2.24) is 9.97 Å². The van der Waals surface area contributed by atoms with E-state index in [-0.39, 0.29) is 0 Å². The summed E-state index contributed by atoms with van der Waals surface area (Å²) < 4.78 is 2.60. The lowest BCUT2D eigenvalue weighted by Crippen LogP contribution is -1.96. The molecule has 0 unspecified atom stereocenters.